The lowest BCUT2D eigenvalue weighted by Gasteiger charge is -2.38. The highest BCUT2D eigenvalue weighted by atomic mass is 19.1. The molecule has 2 aromatic rings. The molecule has 0 bridgehead atoms. The number of fused-ring (bicyclic) bond motifs is 1. The Morgan fingerprint density at radius 3 is 2.53 bits per heavy atom. The molecule has 1 aromatic carbocycles. The van der Waals surface area contributed by atoms with Gasteiger partial charge in [0.25, 0.3) is 0 Å². The number of anilines is 2. The maximum absolute atomic E-state index is 15.4. The highest BCUT2D eigenvalue weighted by Crippen LogP contribution is 2.41. The van der Waals surface area contributed by atoms with E-state index in [0.29, 0.717) is 48.0 Å². The van der Waals surface area contributed by atoms with Crippen LogP contribution in [-0.2, 0) is 11.3 Å². The third-order valence-electron chi connectivity index (χ3n) is 6.30. The van der Waals surface area contributed by atoms with E-state index in [9.17, 15) is 4.79 Å². The van der Waals surface area contributed by atoms with Gasteiger partial charge in [0.2, 0.25) is 0 Å². The molecule has 3 heterocycles. The minimum Gasteiger partial charge on any atom is -0.493 e. The number of aromatic nitrogens is 1. The highest BCUT2D eigenvalue weighted by molar-refractivity contribution is 6.20. The molecule has 192 valence electrons. The zero-order valence-electron chi connectivity index (χ0n) is 20.7. The lowest BCUT2D eigenvalue weighted by atomic mass is 10.0. The molecule has 4 rings (SSSR count). The van der Waals surface area contributed by atoms with Gasteiger partial charge >= 0.3 is 6.03 Å². The summed E-state index contributed by atoms with van der Waals surface area (Å²) in [6.45, 7) is 2.90. The van der Waals surface area contributed by atoms with Crippen molar-refractivity contribution >= 4 is 28.7 Å². The molecule has 36 heavy (non-hydrogen) atoms. The number of methoxy groups -OCH3 is 2. The number of carbonyl (C=O) groups is 1. The number of nitrogens with one attached hydrogen (secondary N) is 2. The molecule has 0 unspecified atom stereocenters. The molecule has 2 aliphatic heterocycles. The van der Waals surface area contributed by atoms with Gasteiger partial charge in [0.1, 0.15) is 5.69 Å². The standard InChI is InChI=1S/C25H29F2N5O4/c1-14(28)17(10-29-2)18-7-19-16(9-30-18)12-32(25(33)31(19)11-15-5-6-36-13-15)24-22(26)20(34-3)8-21(35-4)23(24)27/h7-10,15,28-29H,5-6,11-13H2,1-4H3/b17-10+,28-14?/t15-/m1/s1. The van der Waals surface area contributed by atoms with Gasteiger partial charge in [0, 0.05) is 61.4 Å². The molecule has 0 saturated carbocycles. The Balaban J connectivity index is 1.85. The summed E-state index contributed by atoms with van der Waals surface area (Å²) in [6.07, 6.45) is 4.00. The molecule has 1 aromatic heterocycles. The molecule has 1 atom stereocenters. The van der Waals surface area contributed by atoms with E-state index >= 15 is 8.78 Å². The number of hydrogen-bond donors (Lipinski definition) is 2. The first kappa shape index (κ1) is 25.4. The summed E-state index contributed by atoms with van der Waals surface area (Å²) in [4.78, 5) is 20.9. The van der Waals surface area contributed by atoms with Crippen LogP contribution in [0.5, 0.6) is 11.5 Å². The summed E-state index contributed by atoms with van der Waals surface area (Å²) in [5.41, 5.74) is 1.99. The number of rotatable bonds is 8. The van der Waals surface area contributed by atoms with E-state index in [4.69, 9.17) is 19.6 Å². The molecule has 1 fully saturated rings. The van der Waals surface area contributed by atoms with Gasteiger partial charge in [-0.15, -0.1) is 0 Å². The fraction of sp³-hybridized carbons (Fsp3) is 0.400. The minimum absolute atomic E-state index is 0.0599. The maximum Gasteiger partial charge on any atom is 0.329 e. The molecular formula is C25H29F2N5O4. The summed E-state index contributed by atoms with van der Waals surface area (Å²) >= 11 is 0. The summed E-state index contributed by atoms with van der Waals surface area (Å²) in [5, 5.41) is 11.0. The van der Waals surface area contributed by atoms with Crippen LogP contribution in [-0.4, -0.2) is 57.8 Å². The van der Waals surface area contributed by atoms with Gasteiger partial charge in [-0.3, -0.25) is 14.8 Å². The van der Waals surface area contributed by atoms with E-state index in [1.807, 2.05) is 0 Å². The van der Waals surface area contributed by atoms with Crippen molar-refractivity contribution in [1.29, 1.82) is 5.41 Å². The summed E-state index contributed by atoms with van der Waals surface area (Å²) in [6, 6.07) is 2.25. The molecule has 2 amide bonds. The molecule has 0 spiro atoms. The van der Waals surface area contributed by atoms with Crippen LogP contribution in [0.1, 0.15) is 24.6 Å². The van der Waals surface area contributed by atoms with Crippen molar-refractivity contribution in [3.8, 4) is 11.5 Å². The van der Waals surface area contributed by atoms with Gasteiger partial charge in [-0.1, -0.05) is 0 Å². The maximum atomic E-state index is 15.4. The van der Waals surface area contributed by atoms with E-state index in [-0.39, 0.29) is 24.0 Å². The zero-order valence-corrected chi connectivity index (χ0v) is 20.7. The van der Waals surface area contributed by atoms with Crippen LogP contribution in [0.15, 0.2) is 24.5 Å². The van der Waals surface area contributed by atoms with Gasteiger partial charge in [0.05, 0.1) is 38.8 Å². The van der Waals surface area contributed by atoms with Crippen LogP contribution >= 0.6 is 0 Å². The number of halogens is 2. The van der Waals surface area contributed by atoms with Gasteiger partial charge in [-0.25, -0.2) is 13.6 Å². The Kier molecular flexibility index (Phi) is 7.39. The fourth-order valence-electron chi connectivity index (χ4n) is 4.45. The predicted molar refractivity (Wildman–Crippen MR) is 132 cm³/mol. The summed E-state index contributed by atoms with van der Waals surface area (Å²) in [5.74, 6) is -2.42. The number of urea groups is 1. The van der Waals surface area contributed by atoms with E-state index in [0.717, 1.165) is 17.4 Å². The van der Waals surface area contributed by atoms with E-state index in [2.05, 4.69) is 10.3 Å². The summed E-state index contributed by atoms with van der Waals surface area (Å²) in [7, 11) is 4.24. The lowest BCUT2D eigenvalue weighted by molar-refractivity contribution is 0.186. The predicted octanol–water partition coefficient (Wildman–Crippen LogP) is 3.96. The largest absolute Gasteiger partial charge is 0.493 e. The second-order valence-corrected chi connectivity index (χ2v) is 8.64. The second kappa shape index (κ2) is 10.5. The molecule has 0 aliphatic carbocycles. The van der Waals surface area contributed by atoms with Gasteiger partial charge < -0.3 is 24.9 Å². The average molecular weight is 502 g/mol. The number of amides is 2. The quantitative estimate of drug-likeness (QED) is 0.532. The molecule has 11 heteroatoms. The molecule has 2 aliphatic rings. The Morgan fingerprint density at radius 1 is 1.28 bits per heavy atom. The van der Waals surface area contributed by atoms with Crippen LogP contribution in [0.25, 0.3) is 5.57 Å². The Labute approximate surface area is 208 Å². The number of hydrogen-bond acceptors (Lipinski definition) is 7. The Morgan fingerprint density at radius 2 is 1.97 bits per heavy atom. The Bertz CT molecular complexity index is 1190. The van der Waals surface area contributed by atoms with Crippen molar-refractivity contribution in [2.75, 3.05) is 50.8 Å². The van der Waals surface area contributed by atoms with Crippen molar-refractivity contribution in [1.82, 2.24) is 10.3 Å². The number of allylic oxidation sites excluding steroid dienone is 1. The van der Waals surface area contributed by atoms with Crippen molar-refractivity contribution in [2.45, 2.75) is 19.9 Å². The first-order valence-corrected chi connectivity index (χ1v) is 11.5. The molecular weight excluding hydrogens is 472 g/mol. The average Bonchev–Trinajstić information content (AvgIpc) is 3.38. The first-order valence-electron chi connectivity index (χ1n) is 11.5. The topological polar surface area (TPSA) is 100 Å². The smallest absolute Gasteiger partial charge is 0.329 e. The van der Waals surface area contributed by atoms with Crippen LogP contribution < -0.4 is 24.6 Å². The minimum atomic E-state index is -1.00. The number of nitrogens with zero attached hydrogens (tertiary/aromatic N) is 3. The monoisotopic (exact) mass is 501 g/mol. The van der Waals surface area contributed by atoms with Crippen LogP contribution in [0.4, 0.5) is 25.0 Å². The molecule has 1 saturated heterocycles. The SMILES string of the molecule is CN/C=C(\C(C)=N)c1cc2c(cn1)CN(c1c(F)c(OC)cc(OC)c1F)C(=O)N2C[C@H]1CCOC1. The van der Waals surface area contributed by atoms with Gasteiger partial charge in [-0.05, 0) is 19.4 Å². The molecule has 9 nitrogen and oxygen atoms in total. The van der Waals surface area contributed by atoms with Gasteiger partial charge in [0.15, 0.2) is 23.1 Å². The third kappa shape index (κ3) is 4.58. The van der Waals surface area contributed by atoms with E-state index < -0.39 is 23.4 Å². The number of pyridine rings is 1. The van der Waals surface area contributed by atoms with Crippen molar-refractivity contribution in [3.05, 3.63) is 47.4 Å². The zero-order chi connectivity index (χ0) is 26.0. The third-order valence-corrected chi connectivity index (χ3v) is 6.30. The van der Waals surface area contributed by atoms with Crippen molar-refractivity contribution < 1.29 is 27.8 Å². The highest BCUT2D eigenvalue weighted by Gasteiger charge is 2.38. The first-order chi connectivity index (χ1) is 17.3. The van der Waals surface area contributed by atoms with Crippen molar-refractivity contribution in [3.63, 3.8) is 0 Å². The van der Waals surface area contributed by atoms with Gasteiger partial charge in [-0.2, -0.15) is 0 Å². The van der Waals surface area contributed by atoms with Crippen LogP contribution in [0.2, 0.25) is 0 Å². The van der Waals surface area contributed by atoms with Crippen LogP contribution in [0.3, 0.4) is 0 Å². The fourth-order valence-corrected chi connectivity index (χ4v) is 4.45. The van der Waals surface area contributed by atoms with Crippen molar-refractivity contribution in [2.24, 2.45) is 5.92 Å². The summed E-state index contributed by atoms with van der Waals surface area (Å²) < 4.78 is 46.3. The van der Waals surface area contributed by atoms with E-state index in [1.165, 1.54) is 19.1 Å². The number of ether oxygens (including phenoxy) is 3. The van der Waals surface area contributed by atoms with Crippen LogP contribution in [0, 0.1) is 23.0 Å². The van der Waals surface area contributed by atoms with E-state index in [1.54, 1.807) is 32.4 Å². The number of carbonyl (C=O) groups excluding carboxylic acids is 1. The Hall–Kier alpha value is -3.73. The lowest BCUT2D eigenvalue weighted by Crippen LogP contribution is -2.50. The second-order valence-electron chi connectivity index (χ2n) is 8.64. The normalized spacial score (nSPS) is 17.8. The molecule has 0 radical (unpaired) electrons. The number of benzene rings is 1. The molecule has 2 N–H and O–H groups in total.